The molecule has 2 aromatic rings. The maximum Gasteiger partial charge on any atom is 0.216 e. The molecule has 0 aliphatic carbocycles. The van der Waals surface area contributed by atoms with Crippen molar-refractivity contribution in [3.8, 4) is 0 Å². The van der Waals surface area contributed by atoms with E-state index < -0.39 is 0 Å². The number of piperidine rings is 1. The van der Waals surface area contributed by atoms with E-state index in [4.69, 9.17) is 4.42 Å². The largest absolute Gasteiger partial charge is 0.444 e. The molecule has 0 spiro atoms. The molecule has 1 saturated heterocycles. The van der Waals surface area contributed by atoms with E-state index >= 15 is 0 Å². The first kappa shape index (κ1) is 19.9. The van der Waals surface area contributed by atoms with E-state index in [1.54, 1.807) is 0 Å². The quantitative estimate of drug-likeness (QED) is 0.562. The van der Waals surface area contributed by atoms with Gasteiger partial charge in [-0.1, -0.05) is 6.07 Å². The maximum absolute atomic E-state index is 5.61. The van der Waals surface area contributed by atoms with Crippen LogP contribution in [0.5, 0.6) is 0 Å². The maximum atomic E-state index is 5.61. The van der Waals surface area contributed by atoms with Gasteiger partial charge in [0.2, 0.25) is 5.89 Å². The predicted octanol–water partition coefficient (Wildman–Crippen LogP) is 3.32. The summed E-state index contributed by atoms with van der Waals surface area (Å²) in [6.45, 7) is 11.7. The van der Waals surface area contributed by atoms with Crippen LogP contribution < -0.4 is 10.6 Å². The molecule has 2 N–H and O–H groups in total. The van der Waals surface area contributed by atoms with Gasteiger partial charge >= 0.3 is 0 Å². The second kappa shape index (κ2) is 9.90. The molecule has 0 saturated carbocycles. The van der Waals surface area contributed by atoms with Crippen molar-refractivity contribution >= 4 is 17.3 Å². The number of hydrogen-bond donors (Lipinski definition) is 2. The van der Waals surface area contributed by atoms with E-state index in [1.807, 2.05) is 25.2 Å². The number of thiophene rings is 1. The van der Waals surface area contributed by atoms with Gasteiger partial charge in [0.1, 0.15) is 12.3 Å². The molecular formula is C20H31N5OS. The van der Waals surface area contributed by atoms with Crippen molar-refractivity contribution in [2.45, 2.75) is 46.7 Å². The van der Waals surface area contributed by atoms with Gasteiger partial charge in [0.05, 0.1) is 5.69 Å². The predicted molar refractivity (Wildman–Crippen MR) is 111 cm³/mol. The van der Waals surface area contributed by atoms with Crippen LogP contribution in [0.3, 0.4) is 0 Å². The number of rotatable bonds is 7. The summed E-state index contributed by atoms with van der Waals surface area (Å²) in [6, 6.07) is 4.37. The zero-order valence-electron chi connectivity index (χ0n) is 16.6. The van der Waals surface area contributed by atoms with Crippen LogP contribution in [0.2, 0.25) is 0 Å². The van der Waals surface area contributed by atoms with Crippen LogP contribution in [0.4, 0.5) is 0 Å². The van der Waals surface area contributed by atoms with Crippen molar-refractivity contribution in [3.63, 3.8) is 0 Å². The van der Waals surface area contributed by atoms with Crippen molar-refractivity contribution in [1.82, 2.24) is 20.5 Å². The van der Waals surface area contributed by atoms with Crippen LogP contribution >= 0.6 is 11.3 Å². The second-order valence-electron chi connectivity index (χ2n) is 7.12. The van der Waals surface area contributed by atoms with Crippen molar-refractivity contribution in [1.29, 1.82) is 0 Å². The van der Waals surface area contributed by atoms with Crippen molar-refractivity contribution < 1.29 is 4.42 Å². The highest BCUT2D eigenvalue weighted by molar-refractivity contribution is 7.09. The minimum Gasteiger partial charge on any atom is -0.444 e. The van der Waals surface area contributed by atoms with E-state index in [0.717, 1.165) is 37.0 Å². The van der Waals surface area contributed by atoms with Crippen molar-refractivity contribution in [3.05, 3.63) is 39.7 Å². The van der Waals surface area contributed by atoms with Crippen LogP contribution in [0.1, 0.15) is 42.0 Å². The lowest BCUT2D eigenvalue weighted by molar-refractivity contribution is 0.179. The first-order chi connectivity index (χ1) is 13.1. The lowest BCUT2D eigenvalue weighted by Crippen LogP contribution is -2.42. The number of aryl methyl sites for hydroxylation is 2. The summed E-state index contributed by atoms with van der Waals surface area (Å²) in [4.78, 5) is 13.0. The summed E-state index contributed by atoms with van der Waals surface area (Å²) in [5, 5.41) is 8.97. The Morgan fingerprint density at radius 2 is 2.15 bits per heavy atom. The minimum atomic E-state index is 0.462. The van der Waals surface area contributed by atoms with E-state index in [9.17, 15) is 0 Å². The number of nitrogens with zero attached hydrogens (tertiary/aromatic N) is 3. The molecule has 1 fully saturated rings. The van der Waals surface area contributed by atoms with Crippen LogP contribution in [0.15, 0.2) is 26.9 Å². The van der Waals surface area contributed by atoms with Gasteiger partial charge in [-0.15, -0.1) is 11.3 Å². The molecule has 0 aromatic carbocycles. The molecule has 1 aliphatic heterocycles. The summed E-state index contributed by atoms with van der Waals surface area (Å²) in [5.41, 5.74) is 0.937. The third kappa shape index (κ3) is 6.07. The molecule has 0 radical (unpaired) electrons. The molecule has 0 amide bonds. The van der Waals surface area contributed by atoms with E-state index in [-0.39, 0.29) is 0 Å². The number of aliphatic imine (C=N–C) groups is 1. The SMILES string of the molecule is CCNC(=NCc1nc(C)c(C)o1)NCC1CCN(Cc2cccs2)CC1. The number of guanidine groups is 1. The highest BCUT2D eigenvalue weighted by Gasteiger charge is 2.19. The van der Waals surface area contributed by atoms with Crippen molar-refractivity contribution in [2.75, 3.05) is 26.2 Å². The lowest BCUT2D eigenvalue weighted by Gasteiger charge is -2.32. The van der Waals surface area contributed by atoms with Gasteiger partial charge in [-0.2, -0.15) is 0 Å². The lowest BCUT2D eigenvalue weighted by atomic mass is 9.97. The average Bonchev–Trinajstić information content (AvgIpc) is 3.28. The standard InChI is InChI=1S/C20H31N5OS/c1-4-21-20(23-13-19-24-15(2)16(3)26-19)22-12-17-7-9-25(10-8-17)14-18-6-5-11-27-18/h5-6,11,17H,4,7-10,12-14H2,1-3H3,(H2,21,22,23). The Morgan fingerprint density at radius 3 is 2.78 bits per heavy atom. The van der Waals surface area contributed by atoms with E-state index in [2.05, 4.69) is 49.9 Å². The fourth-order valence-corrected chi connectivity index (χ4v) is 4.05. The molecule has 6 nitrogen and oxygen atoms in total. The molecule has 0 atom stereocenters. The van der Waals surface area contributed by atoms with Gasteiger partial charge < -0.3 is 15.1 Å². The average molecular weight is 390 g/mol. The van der Waals surface area contributed by atoms with Crippen LogP contribution in [-0.2, 0) is 13.1 Å². The zero-order valence-corrected chi connectivity index (χ0v) is 17.4. The Kier molecular flexibility index (Phi) is 7.29. The summed E-state index contributed by atoms with van der Waals surface area (Å²) >= 11 is 1.85. The molecule has 27 heavy (non-hydrogen) atoms. The topological polar surface area (TPSA) is 65.7 Å². The van der Waals surface area contributed by atoms with Gasteiger partial charge in [-0.3, -0.25) is 4.90 Å². The summed E-state index contributed by atoms with van der Waals surface area (Å²) in [5.74, 6) is 3.07. The molecule has 3 rings (SSSR count). The van der Waals surface area contributed by atoms with Crippen LogP contribution in [-0.4, -0.2) is 42.0 Å². The number of likely N-dealkylation sites (tertiary alicyclic amines) is 1. The first-order valence-electron chi connectivity index (χ1n) is 9.84. The van der Waals surface area contributed by atoms with Gasteiger partial charge in [-0.05, 0) is 64.1 Å². The Balaban J connectivity index is 1.43. The fourth-order valence-electron chi connectivity index (χ4n) is 3.31. The van der Waals surface area contributed by atoms with Gasteiger partial charge in [0.25, 0.3) is 0 Å². The van der Waals surface area contributed by atoms with E-state index in [0.29, 0.717) is 18.4 Å². The smallest absolute Gasteiger partial charge is 0.216 e. The minimum absolute atomic E-state index is 0.462. The molecule has 1 aliphatic rings. The fraction of sp³-hybridized carbons (Fsp3) is 0.600. The Hall–Kier alpha value is -1.86. The van der Waals surface area contributed by atoms with E-state index in [1.165, 1.54) is 30.8 Å². The molecule has 2 aromatic heterocycles. The Morgan fingerprint density at radius 1 is 1.33 bits per heavy atom. The monoisotopic (exact) mass is 389 g/mol. The highest BCUT2D eigenvalue weighted by atomic mass is 32.1. The highest BCUT2D eigenvalue weighted by Crippen LogP contribution is 2.20. The molecule has 0 bridgehead atoms. The number of oxazole rings is 1. The van der Waals surface area contributed by atoms with Crippen LogP contribution in [0.25, 0.3) is 0 Å². The summed E-state index contributed by atoms with van der Waals surface area (Å²) in [6.07, 6.45) is 2.46. The van der Waals surface area contributed by atoms with Crippen molar-refractivity contribution in [2.24, 2.45) is 10.9 Å². The summed E-state index contributed by atoms with van der Waals surface area (Å²) < 4.78 is 5.61. The number of hydrogen-bond acceptors (Lipinski definition) is 5. The molecule has 0 unspecified atom stereocenters. The zero-order chi connectivity index (χ0) is 19.1. The van der Waals surface area contributed by atoms with Gasteiger partial charge in [-0.25, -0.2) is 9.98 Å². The molecule has 3 heterocycles. The molecule has 7 heteroatoms. The molecule has 148 valence electrons. The first-order valence-corrected chi connectivity index (χ1v) is 10.7. The number of nitrogens with one attached hydrogen (secondary N) is 2. The Bertz CT molecular complexity index is 697. The summed E-state index contributed by atoms with van der Waals surface area (Å²) in [7, 11) is 0. The molecular weight excluding hydrogens is 358 g/mol. The van der Waals surface area contributed by atoms with Crippen LogP contribution in [0, 0.1) is 19.8 Å². The third-order valence-corrected chi connectivity index (χ3v) is 5.88. The Labute approximate surface area is 166 Å². The van der Waals surface area contributed by atoms with Gasteiger partial charge in [0.15, 0.2) is 5.96 Å². The normalized spacial score (nSPS) is 16.6. The third-order valence-electron chi connectivity index (χ3n) is 5.01. The number of aromatic nitrogens is 1. The second-order valence-corrected chi connectivity index (χ2v) is 8.16. The van der Waals surface area contributed by atoms with Gasteiger partial charge in [0, 0.05) is 24.5 Å².